The number of carbonyl (C=O) groups excluding carboxylic acids is 1. The van der Waals surface area contributed by atoms with Gasteiger partial charge < -0.3 is 15.2 Å². The zero-order valence-electron chi connectivity index (χ0n) is 15.7. The number of thioether (sulfide) groups is 1. The molecule has 3 rings (SSSR count). The normalized spacial score (nSPS) is 18.6. The second-order valence-electron chi connectivity index (χ2n) is 6.81. The number of H-pyrrole nitrogens is 1. The first-order valence-corrected chi connectivity index (χ1v) is 10.8. The molecule has 0 radical (unpaired) electrons. The van der Waals surface area contributed by atoms with Crippen LogP contribution in [0.4, 0.5) is 0 Å². The molecule has 2 N–H and O–H groups in total. The predicted octanol–water partition coefficient (Wildman–Crippen LogP) is 2.43. The third kappa shape index (κ3) is 3.82. The number of carbonyl (C=O) groups is 1. The number of nitrogens with one attached hydrogen (secondary N) is 2. The van der Waals surface area contributed by atoms with Gasteiger partial charge in [0.1, 0.15) is 10.7 Å². The van der Waals surface area contributed by atoms with Crippen molar-refractivity contribution in [2.24, 2.45) is 0 Å². The Labute approximate surface area is 161 Å². The van der Waals surface area contributed by atoms with E-state index in [4.69, 9.17) is 0 Å². The maximum absolute atomic E-state index is 12.8. The van der Waals surface area contributed by atoms with E-state index in [1.165, 1.54) is 11.8 Å². The Hall–Kier alpha value is -1.38. The van der Waals surface area contributed by atoms with Gasteiger partial charge in [-0.2, -0.15) is 0 Å². The third-order valence-electron chi connectivity index (χ3n) is 5.01. The van der Waals surface area contributed by atoms with Gasteiger partial charge in [0.25, 0.3) is 5.56 Å². The molecule has 0 aromatic carbocycles. The minimum absolute atomic E-state index is 0.0833. The summed E-state index contributed by atoms with van der Waals surface area (Å²) >= 11 is 3.08. The number of rotatable bonds is 6. The molecular weight excluding hydrogens is 368 g/mol. The van der Waals surface area contributed by atoms with E-state index < -0.39 is 0 Å². The number of hydrogen-bond acceptors (Lipinski definition) is 6. The van der Waals surface area contributed by atoms with Crippen LogP contribution in [0.25, 0.3) is 10.2 Å². The summed E-state index contributed by atoms with van der Waals surface area (Å²) in [5, 5.41) is 3.71. The van der Waals surface area contributed by atoms with E-state index in [-0.39, 0.29) is 16.7 Å². The Kier molecular flexibility index (Phi) is 6.04. The third-order valence-corrected chi connectivity index (χ3v) is 7.25. The lowest BCUT2D eigenvalue weighted by molar-refractivity contribution is -0.131. The van der Waals surface area contributed by atoms with E-state index in [0.717, 1.165) is 41.2 Å². The Morgan fingerprint density at radius 3 is 3.00 bits per heavy atom. The van der Waals surface area contributed by atoms with Gasteiger partial charge in [0, 0.05) is 24.0 Å². The molecular formula is C18H26N4O2S2. The summed E-state index contributed by atoms with van der Waals surface area (Å²) in [7, 11) is 1.92. The van der Waals surface area contributed by atoms with E-state index in [1.54, 1.807) is 11.3 Å². The lowest BCUT2D eigenvalue weighted by Gasteiger charge is -2.27. The maximum atomic E-state index is 12.8. The van der Waals surface area contributed by atoms with Crippen molar-refractivity contribution in [3.8, 4) is 0 Å². The molecule has 3 heterocycles. The standard InChI is InChI=1S/C18H26N4O2S2/c1-10-11(2)26-17-15(10)16(23)20-14(21-17)9-25-12(3)18(24)22-7-5-6-13(22)8-19-4/h12-13,19H,5-9H2,1-4H3,(H,20,21,23). The molecule has 6 nitrogen and oxygen atoms in total. The molecule has 0 saturated carbocycles. The van der Waals surface area contributed by atoms with Crippen molar-refractivity contribution in [1.29, 1.82) is 0 Å². The number of aromatic nitrogens is 2. The molecule has 0 bridgehead atoms. The highest BCUT2D eigenvalue weighted by Gasteiger charge is 2.31. The van der Waals surface area contributed by atoms with Gasteiger partial charge in [0.15, 0.2) is 0 Å². The summed E-state index contributed by atoms with van der Waals surface area (Å²) in [6.45, 7) is 7.58. The highest BCUT2D eigenvalue weighted by atomic mass is 32.2. The van der Waals surface area contributed by atoms with Crippen molar-refractivity contribution in [3.05, 3.63) is 26.6 Å². The van der Waals surface area contributed by atoms with E-state index in [2.05, 4.69) is 15.3 Å². The topological polar surface area (TPSA) is 78.1 Å². The first-order valence-electron chi connectivity index (χ1n) is 8.98. The Morgan fingerprint density at radius 1 is 1.50 bits per heavy atom. The molecule has 0 aliphatic carbocycles. The summed E-state index contributed by atoms with van der Waals surface area (Å²) in [6.07, 6.45) is 2.13. The van der Waals surface area contributed by atoms with Gasteiger partial charge in [-0.1, -0.05) is 0 Å². The lowest BCUT2D eigenvalue weighted by Crippen LogP contribution is -2.44. The second kappa shape index (κ2) is 8.10. The zero-order valence-corrected chi connectivity index (χ0v) is 17.4. The van der Waals surface area contributed by atoms with Crippen LogP contribution in [-0.2, 0) is 10.5 Å². The molecule has 2 aromatic rings. The fourth-order valence-electron chi connectivity index (χ4n) is 3.45. The highest BCUT2D eigenvalue weighted by molar-refractivity contribution is 7.99. The molecule has 1 aliphatic rings. The monoisotopic (exact) mass is 394 g/mol. The van der Waals surface area contributed by atoms with Crippen molar-refractivity contribution < 1.29 is 4.79 Å². The Morgan fingerprint density at radius 2 is 2.27 bits per heavy atom. The van der Waals surface area contributed by atoms with Crippen LogP contribution in [0.2, 0.25) is 0 Å². The summed E-state index contributed by atoms with van der Waals surface area (Å²) in [6, 6.07) is 0.293. The molecule has 2 aromatic heterocycles. The molecule has 26 heavy (non-hydrogen) atoms. The van der Waals surface area contributed by atoms with Crippen LogP contribution in [0.15, 0.2) is 4.79 Å². The molecule has 1 fully saturated rings. The van der Waals surface area contributed by atoms with Gasteiger partial charge in [-0.3, -0.25) is 9.59 Å². The van der Waals surface area contributed by atoms with Crippen molar-refractivity contribution in [2.45, 2.75) is 50.7 Å². The lowest BCUT2D eigenvalue weighted by atomic mass is 10.2. The van der Waals surface area contributed by atoms with Gasteiger partial charge in [-0.05, 0) is 46.2 Å². The largest absolute Gasteiger partial charge is 0.337 e. The van der Waals surface area contributed by atoms with Crippen molar-refractivity contribution >= 4 is 39.2 Å². The van der Waals surface area contributed by atoms with E-state index in [0.29, 0.717) is 23.0 Å². The number of hydrogen-bond donors (Lipinski definition) is 2. The molecule has 2 atom stereocenters. The summed E-state index contributed by atoms with van der Waals surface area (Å²) in [5.41, 5.74) is 0.922. The minimum Gasteiger partial charge on any atom is -0.337 e. The summed E-state index contributed by atoms with van der Waals surface area (Å²) in [5.74, 6) is 1.35. The van der Waals surface area contributed by atoms with Crippen LogP contribution in [0.3, 0.4) is 0 Å². The van der Waals surface area contributed by atoms with Gasteiger partial charge in [-0.25, -0.2) is 4.98 Å². The fourth-order valence-corrected chi connectivity index (χ4v) is 5.32. The molecule has 142 valence electrons. The highest BCUT2D eigenvalue weighted by Crippen LogP contribution is 2.27. The number of fused-ring (bicyclic) bond motifs is 1. The first-order chi connectivity index (χ1) is 12.4. The predicted molar refractivity (Wildman–Crippen MR) is 109 cm³/mol. The van der Waals surface area contributed by atoms with Crippen LogP contribution in [0, 0.1) is 13.8 Å². The van der Waals surface area contributed by atoms with Crippen molar-refractivity contribution in [2.75, 3.05) is 20.1 Å². The van der Waals surface area contributed by atoms with Crippen LogP contribution in [-0.4, -0.2) is 52.2 Å². The number of amides is 1. The van der Waals surface area contributed by atoms with Crippen LogP contribution in [0.5, 0.6) is 0 Å². The summed E-state index contributed by atoms with van der Waals surface area (Å²) < 4.78 is 0. The molecule has 2 unspecified atom stereocenters. The van der Waals surface area contributed by atoms with Crippen molar-refractivity contribution in [3.63, 3.8) is 0 Å². The molecule has 1 saturated heterocycles. The van der Waals surface area contributed by atoms with Crippen LogP contribution < -0.4 is 10.9 Å². The first kappa shape index (κ1) is 19.4. The Balaban J connectivity index is 1.67. The number of likely N-dealkylation sites (N-methyl/N-ethyl adjacent to an activating group) is 1. The SMILES string of the molecule is CNCC1CCCN1C(=O)C(C)SCc1nc2sc(C)c(C)c2c(=O)[nH]1. The molecule has 1 amide bonds. The number of likely N-dealkylation sites (tertiary alicyclic amines) is 1. The second-order valence-corrected chi connectivity index (χ2v) is 9.35. The number of aromatic amines is 1. The fraction of sp³-hybridized carbons (Fsp3) is 0.611. The van der Waals surface area contributed by atoms with Gasteiger partial charge in [0.05, 0.1) is 16.4 Å². The van der Waals surface area contributed by atoms with Gasteiger partial charge >= 0.3 is 0 Å². The van der Waals surface area contributed by atoms with E-state index in [9.17, 15) is 9.59 Å². The van der Waals surface area contributed by atoms with Crippen molar-refractivity contribution in [1.82, 2.24) is 20.2 Å². The van der Waals surface area contributed by atoms with Gasteiger partial charge in [-0.15, -0.1) is 23.1 Å². The van der Waals surface area contributed by atoms with Gasteiger partial charge in [0.2, 0.25) is 5.91 Å². The average molecular weight is 395 g/mol. The minimum atomic E-state index is -0.153. The smallest absolute Gasteiger partial charge is 0.259 e. The quantitative estimate of drug-likeness (QED) is 0.787. The Bertz CT molecular complexity index is 861. The number of nitrogens with zero attached hydrogens (tertiary/aromatic N) is 2. The molecule has 0 spiro atoms. The molecule has 8 heteroatoms. The van der Waals surface area contributed by atoms with Crippen LogP contribution in [0.1, 0.15) is 36.0 Å². The number of thiophene rings is 1. The van der Waals surface area contributed by atoms with E-state index in [1.807, 2.05) is 32.7 Å². The van der Waals surface area contributed by atoms with E-state index >= 15 is 0 Å². The maximum Gasteiger partial charge on any atom is 0.259 e. The summed E-state index contributed by atoms with van der Waals surface area (Å²) in [4.78, 5) is 36.5. The average Bonchev–Trinajstić information content (AvgIpc) is 3.17. The van der Waals surface area contributed by atoms with Crippen LogP contribution >= 0.6 is 23.1 Å². The number of aryl methyl sites for hydroxylation is 2. The zero-order chi connectivity index (χ0) is 18.8. The molecule has 1 aliphatic heterocycles.